The van der Waals surface area contributed by atoms with Crippen molar-refractivity contribution in [3.63, 3.8) is 0 Å². The molecular formula is C26H20N2O4. The molecule has 3 amide bonds. The number of hydrogen-bond donors (Lipinski definition) is 0. The zero-order chi connectivity index (χ0) is 22.2. The minimum atomic E-state index is -0.899. The second-order valence-electron chi connectivity index (χ2n) is 7.64. The number of hydrogen-bond acceptors (Lipinski definition) is 4. The summed E-state index contributed by atoms with van der Waals surface area (Å²) in [4.78, 5) is 42.0. The second kappa shape index (κ2) is 7.81. The van der Waals surface area contributed by atoms with E-state index in [1.165, 1.54) is 0 Å². The van der Waals surface area contributed by atoms with Crippen LogP contribution in [-0.4, -0.2) is 41.8 Å². The third-order valence-electron chi connectivity index (χ3n) is 5.85. The lowest BCUT2D eigenvalue weighted by atomic mass is 9.91. The van der Waals surface area contributed by atoms with Gasteiger partial charge < -0.3 is 9.64 Å². The zero-order valence-electron chi connectivity index (χ0n) is 17.3. The molecule has 2 aliphatic rings. The monoisotopic (exact) mass is 424 g/mol. The Labute approximate surface area is 185 Å². The van der Waals surface area contributed by atoms with E-state index in [9.17, 15) is 14.4 Å². The van der Waals surface area contributed by atoms with Gasteiger partial charge in [0.15, 0.2) is 0 Å². The van der Waals surface area contributed by atoms with Crippen molar-refractivity contribution < 1.29 is 19.1 Å². The van der Waals surface area contributed by atoms with E-state index in [4.69, 9.17) is 4.74 Å². The Bertz CT molecular complexity index is 1200. The van der Waals surface area contributed by atoms with Crippen molar-refractivity contribution in [2.24, 2.45) is 0 Å². The van der Waals surface area contributed by atoms with Crippen LogP contribution in [0.15, 0.2) is 84.9 Å². The summed E-state index contributed by atoms with van der Waals surface area (Å²) >= 11 is 0. The SMILES string of the molecule is COc1ccc(N2C(=O)[C@@H](N3C(=O)c4ccccc4C3=O)[C@H]2/C=C/c2ccccc2)cc1. The molecule has 1 saturated heterocycles. The minimum Gasteiger partial charge on any atom is -0.497 e. The van der Waals surface area contributed by atoms with Crippen LogP contribution in [0.2, 0.25) is 0 Å². The van der Waals surface area contributed by atoms with Crippen LogP contribution in [0.5, 0.6) is 5.75 Å². The molecule has 0 radical (unpaired) electrons. The molecule has 0 N–H and O–H groups in total. The topological polar surface area (TPSA) is 66.9 Å². The van der Waals surface area contributed by atoms with Crippen molar-refractivity contribution in [3.05, 3.63) is 102 Å². The fourth-order valence-electron chi connectivity index (χ4n) is 4.23. The summed E-state index contributed by atoms with van der Waals surface area (Å²) in [6.45, 7) is 0. The quantitative estimate of drug-likeness (QED) is 0.462. The smallest absolute Gasteiger partial charge is 0.262 e. The van der Waals surface area contributed by atoms with Crippen LogP contribution in [0, 0.1) is 0 Å². The predicted octanol–water partition coefficient (Wildman–Crippen LogP) is 3.79. The molecule has 0 aromatic heterocycles. The first-order valence-electron chi connectivity index (χ1n) is 10.3. The number of anilines is 1. The molecule has 0 unspecified atom stereocenters. The fourth-order valence-corrected chi connectivity index (χ4v) is 4.23. The molecule has 6 nitrogen and oxygen atoms in total. The van der Waals surface area contributed by atoms with E-state index in [2.05, 4.69) is 0 Å². The number of amides is 3. The highest BCUT2D eigenvalue weighted by atomic mass is 16.5. The summed E-state index contributed by atoms with van der Waals surface area (Å²) < 4.78 is 5.21. The number of nitrogens with zero attached hydrogens (tertiary/aromatic N) is 2. The first-order chi connectivity index (χ1) is 15.6. The van der Waals surface area contributed by atoms with Crippen LogP contribution in [0.25, 0.3) is 6.08 Å². The number of methoxy groups -OCH3 is 1. The molecule has 6 heteroatoms. The van der Waals surface area contributed by atoms with Crippen LogP contribution in [0.3, 0.4) is 0 Å². The van der Waals surface area contributed by atoms with Crippen LogP contribution in [-0.2, 0) is 4.79 Å². The molecule has 2 atom stereocenters. The van der Waals surface area contributed by atoms with Gasteiger partial charge in [-0.2, -0.15) is 0 Å². The summed E-state index contributed by atoms with van der Waals surface area (Å²) in [7, 11) is 1.58. The standard InChI is InChI=1S/C26H20N2O4/c1-32-19-14-12-18(13-15-19)27-22(16-11-17-7-3-2-4-8-17)23(26(27)31)28-24(29)20-9-5-6-10-21(20)25(28)30/h2-16,22-23H,1H3/b16-11+/t22-,23+/m1/s1. The lowest BCUT2D eigenvalue weighted by Crippen LogP contribution is -2.71. The molecule has 2 heterocycles. The van der Waals surface area contributed by atoms with Crippen LogP contribution >= 0.6 is 0 Å². The number of fused-ring (bicyclic) bond motifs is 1. The van der Waals surface area contributed by atoms with E-state index in [-0.39, 0.29) is 5.91 Å². The Morgan fingerprint density at radius 2 is 1.34 bits per heavy atom. The third kappa shape index (κ3) is 3.08. The maximum Gasteiger partial charge on any atom is 0.262 e. The Morgan fingerprint density at radius 3 is 1.94 bits per heavy atom. The Morgan fingerprint density at radius 1 is 0.750 bits per heavy atom. The van der Waals surface area contributed by atoms with Crippen molar-refractivity contribution in [2.75, 3.05) is 12.0 Å². The average molecular weight is 424 g/mol. The molecule has 0 aliphatic carbocycles. The molecule has 0 spiro atoms. The first-order valence-corrected chi connectivity index (χ1v) is 10.3. The van der Waals surface area contributed by atoms with E-state index in [1.54, 1.807) is 60.5 Å². The molecule has 0 saturated carbocycles. The number of β-lactam (4-membered cyclic amide) rings is 1. The minimum absolute atomic E-state index is 0.299. The molecule has 158 valence electrons. The molecular weight excluding hydrogens is 404 g/mol. The summed E-state index contributed by atoms with van der Waals surface area (Å²) in [6, 6.07) is 22.1. The van der Waals surface area contributed by atoms with Gasteiger partial charge in [-0.25, -0.2) is 0 Å². The number of ether oxygens (including phenoxy) is 1. The van der Waals surface area contributed by atoms with Gasteiger partial charge >= 0.3 is 0 Å². The largest absolute Gasteiger partial charge is 0.497 e. The third-order valence-corrected chi connectivity index (χ3v) is 5.85. The lowest BCUT2D eigenvalue weighted by Gasteiger charge is -2.48. The maximum atomic E-state index is 13.3. The van der Waals surface area contributed by atoms with Gasteiger partial charge in [-0.3, -0.25) is 19.3 Å². The van der Waals surface area contributed by atoms with Gasteiger partial charge in [0.1, 0.15) is 11.8 Å². The second-order valence-corrected chi connectivity index (χ2v) is 7.64. The molecule has 0 bridgehead atoms. The zero-order valence-corrected chi connectivity index (χ0v) is 17.3. The van der Waals surface area contributed by atoms with Gasteiger partial charge in [0.2, 0.25) is 0 Å². The van der Waals surface area contributed by atoms with E-state index in [1.807, 2.05) is 42.5 Å². The van der Waals surface area contributed by atoms with Gasteiger partial charge in [0.25, 0.3) is 17.7 Å². The van der Waals surface area contributed by atoms with Gasteiger partial charge in [-0.05, 0) is 42.0 Å². The van der Waals surface area contributed by atoms with Crippen molar-refractivity contribution >= 4 is 29.5 Å². The van der Waals surface area contributed by atoms with Crippen LogP contribution in [0.1, 0.15) is 26.3 Å². The summed E-state index contributed by atoms with van der Waals surface area (Å²) in [5.41, 5.74) is 2.30. The highest BCUT2D eigenvalue weighted by Crippen LogP contribution is 2.37. The van der Waals surface area contributed by atoms with Crippen molar-refractivity contribution in [1.29, 1.82) is 0 Å². The van der Waals surface area contributed by atoms with Crippen molar-refractivity contribution in [1.82, 2.24) is 4.90 Å². The number of carbonyl (C=O) groups excluding carboxylic acids is 3. The Hall–Kier alpha value is -4.19. The molecule has 5 rings (SSSR count). The maximum absolute atomic E-state index is 13.3. The number of imide groups is 1. The molecule has 32 heavy (non-hydrogen) atoms. The van der Waals surface area contributed by atoms with E-state index in [0.717, 1.165) is 10.5 Å². The number of benzene rings is 3. The number of carbonyl (C=O) groups is 3. The molecule has 2 aliphatic heterocycles. The lowest BCUT2D eigenvalue weighted by molar-refractivity contribution is -0.128. The van der Waals surface area contributed by atoms with Crippen molar-refractivity contribution in [3.8, 4) is 5.75 Å². The van der Waals surface area contributed by atoms with Crippen LogP contribution < -0.4 is 9.64 Å². The van der Waals surface area contributed by atoms with Crippen molar-refractivity contribution in [2.45, 2.75) is 12.1 Å². The molecule has 3 aromatic carbocycles. The molecule has 1 fully saturated rings. The summed E-state index contributed by atoms with van der Waals surface area (Å²) in [5.74, 6) is -0.490. The van der Waals surface area contributed by atoms with Gasteiger partial charge in [0, 0.05) is 5.69 Å². The normalized spacial score (nSPS) is 20.0. The first kappa shape index (κ1) is 19.8. The summed E-state index contributed by atoms with van der Waals surface area (Å²) in [6.07, 6.45) is 3.77. The van der Waals surface area contributed by atoms with E-state index >= 15 is 0 Å². The van der Waals surface area contributed by atoms with Gasteiger partial charge in [0.05, 0.1) is 24.3 Å². The van der Waals surface area contributed by atoms with Gasteiger partial charge in [-0.1, -0.05) is 54.6 Å². The fraction of sp³-hybridized carbons (Fsp3) is 0.115. The summed E-state index contributed by atoms with van der Waals surface area (Å²) in [5, 5.41) is 0. The highest BCUT2D eigenvalue weighted by Gasteiger charge is 2.55. The Kier molecular flexibility index (Phi) is 4.82. The van der Waals surface area contributed by atoms with Crippen LogP contribution in [0.4, 0.5) is 5.69 Å². The highest BCUT2D eigenvalue weighted by molar-refractivity contribution is 6.24. The predicted molar refractivity (Wildman–Crippen MR) is 120 cm³/mol. The Balaban J connectivity index is 1.51. The molecule has 3 aromatic rings. The average Bonchev–Trinajstić information content (AvgIpc) is 3.08. The van der Waals surface area contributed by atoms with E-state index < -0.39 is 23.9 Å². The number of rotatable bonds is 5. The van der Waals surface area contributed by atoms with E-state index in [0.29, 0.717) is 22.6 Å². The van der Waals surface area contributed by atoms with Gasteiger partial charge in [-0.15, -0.1) is 0 Å².